The summed E-state index contributed by atoms with van der Waals surface area (Å²) in [5, 5.41) is 32.3. The second kappa shape index (κ2) is 6.07. The second-order valence-electron chi connectivity index (χ2n) is 5.14. The number of nitrogens with two attached hydrogens (primary N) is 2. The smallest absolute Gasteiger partial charge is 0.211 e. The van der Waals surface area contributed by atoms with E-state index in [9.17, 15) is 5.26 Å². The fraction of sp³-hybridized carbons (Fsp3) is 0.0625. The first-order valence-electron chi connectivity index (χ1n) is 7.08. The Labute approximate surface area is 142 Å². The van der Waals surface area contributed by atoms with Crippen LogP contribution in [0.5, 0.6) is 0 Å². The molecule has 25 heavy (non-hydrogen) atoms. The zero-order chi connectivity index (χ0) is 18.0. The monoisotopic (exact) mass is 329 g/mol. The lowest BCUT2D eigenvalue weighted by Crippen LogP contribution is -2.32. The Kier molecular flexibility index (Phi) is 3.79. The Morgan fingerprint density at radius 2 is 1.80 bits per heavy atom. The van der Waals surface area contributed by atoms with Crippen molar-refractivity contribution >= 4 is 23.3 Å². The Bertz CT molecular complexity index is 1000. The molecule has 120 valence electrons. The molecule has 0 saturated carbocycles. The molecule has 6 N–H and O–H groups in total. The summed E-state index contributed by atoms with van der Waals surface area (Å²) in [5.41, 5.74) is 13.9. The molecule has 0 fully saturated rings. The maximum absolute atomic E-state index is 9.26. The summed E-state index contributed by atoms with van der Waals surface area (Å²) in [6.45, 7) is 0. The van der Waals surface area contributed by atoms with Crippen LogP contribution in [0.1, 0.15) is 28.3 Å². The predicted molar refractivity (Wildman–Crippen MR) is 90.6 cm³/mol. The van der Waals surface area contributed by atoms with Crippen LogP contribution in [0.2, 0.25) is 0 Å². The van der Waals surface area contributed by atoms with Gasteiger partial charge in [-0.15, -0.1) is 0 Å². The van der Waals surface area contributed by atoms with Crippen LogP contribution in [0.15, 0.2) is 29.3 Å². The fourth-order valence-electron chi connectivity index (χ4n) is 2.56. The zero-order valence-corrected chi connectivity index (χ0v) is 12.8. The standard InChI is InChI=1S/C16H11N9/c17-5-8-1-3-9(4-2-8)13-11-12(20)10(6-18)14(21)24-15(11)25-16(23-13)22-7-19/h1-4,13H,(H6,20,21,22,23,24,25). The van der Waals surface area contributed by atoms with Gasteiger partial charge in [0.1, 0.15) is 29.3 Å². The lowest BCUT2D eigenvalue weighted by molar-refractivity contribution is 0.846. The normalized spacial score (nSPS) is 14.8. The number of hydrogen-bond acceptors (Lipinski definition) is 9. The highest BCUT2D eigenvalue weighted by Crippen LogP contribution is 2.40. The summed E-state index contributed by atoms with van der Waals surface area (Å²) in [4.78, 5) is 8.59. The van der Waals surface area contributed by atoms with E-state index in [-0.39, 0.29) is 23.0 Å². The van der Waals surface area contributed by atoms with Crippen LogP contribution in [-0.4, -0.2) is 10.9 Å². The number of nitrogen functional groups attached to an aromatic ring is 2. The molecule has 1 aliphatic rings. The zero-order valence-electron chi connectivity index (χ0n) is 12.8. The third kappa shape index (κ3) is 2.61. The molecule has 1 atom stereocenters. The molecule has 0 saturated heterocycles. The van der Waals surface area contributed by atoms with Crippen LogP contribution in [0.4, 0.5) is 17.3 Å². The number of hydrogen-bond donors (Lipinski definition) is 4. The minimum atomic E-state index is -0.611. The van der Waals surface area contributed by atoms with Crippen molar-refractivity contribution in [3.8, 4) is 18.3 Å². The van der Waals surface area contributed by atoms with Crippen molar-refractivity contribution in [2.24, 2.45) is 4.99 Å². The van der Waals surface area contributed by atoms with Crippen LogP contribution in [0.3, 0.4) is 0 Å². The second-order valence-corrected chi connectivity index (χ2v) is 5.14. The minimum Gasteiger partial charge on any atom is -0.397 e. The molecule has 9 nitrogen and oxygen atoms in total. The third-order valence-electron chi connectivity index (χ3n) is 3.71. The van der Waals surface area contributed by atoms with Crippen molar-refractivity contribution in [2.45, 2.75) is 6.04 Å². The molecule has 1 aromatic carbocycles. The average Bonchev–Trinajstić information content (AvgIpc) is 2.61. The summed E-state index contributed by atoms with van der Waals surface area (Å²) in [6, 6.07) is 10.1. The van der Waals surface area contributed by atoms with E-state index in [1.807, 2.05) is 12.1 Å². The van der Waals surface area contributed by atoms with Gasteiger partial charge in [-0.05, 0) is 17.7 Å². The maximum atomic E-state index is 9.26. The number of nitriles is 3. The topological polar surface area (TPSA) is 173 Å². The van der Waals surface area contributed by atoms with Gasteiger partial charge in [-0.2, -0.15) is 15.8 Å². The summed E-state index contributed by atoms with van der Waals surface area (Å²) in [7, 11) is 0. The van der Waals surface area contributed by atoms with Gasteiger partial charge < -0.3 is 16.8 Å². The molecule has 1 aromatic heterocycles. The number of anilines is 3. The summed E-state index contributed by atoms with van der Waals surface area (Å²) in [5.74, 6) is 0.486. The SMILES string of the molecule is N#CNC1=NC(c2ccc(C#N)cc2)c2c(nc(N)c(C#N)c2N)N1. The first kappa shape index (κ1) is 15.6. The van der Waals surface area contributed by atoms with Crippen molar-refractivity contribution in [3.63, 3.8) is 0 Å². The number of aliphatic imine (C=N–C) groups is 1. The van der Waals surface area contributed by atoms with E-state index < -0.39 is 6.04 Å². The molecule has 2 aromatic rings. The van der Waals surface area contributed by atoms with Crippen molar-refractivity contribution in [3.05, 3.63) is 46.5 Å². The van der Waals surface area contributed by atoms with Gasteiger partial charge >= 0.3 is 0 Å². The lowest BCUT2D eigenvalue weighted by Gasteiger charge is -2.26. The number of aromatic nitrogens is 1. The average molecular weight is 329 g/mol. The first-order valence-corrected chi connectivity index (χ1v) is 7.08. The van der Waals surface area contributed by atoms with E-state index in [0.717, 1.165) is 5.56 Å². The van der Waals surface area contributed by atoms with Gasteiger partial charge in [0.15, 0.2) is 6.19 Å². The molecule has 1 unspecified atom stereocenters. The van der Waals surface area contributed by atoms with Crippen molar-refractivity contribution < 1.29 is 0 Å². The number of benzene rings is 1. The largest absolute Gasteiger partial charge is 0.397 e. The van der Waals surface area contributed by atoms with E-state index in [0.29, 0.717) is 16.9 Å². The molecular weight excluding hydrogens is 318 g/mol. The van der Waals surface area contributed by atoms with Crippen molar-refractivity contribution in [1.82, 2.24) is 10.3 Å². The van der Waals surface area contributed by atoms with E-state index in [1.165, 1.54) is 0 Å². The van der Waals surface area contributed by atoms with E-state index >= 15 is 0 Å². The Balaban J connectivity index is 2.22. The van der Waals surface area contributed by atoms with Gasteiger partial charge in [-0.1, -0.05) is 12.1 Å². The number of fused-ring (bicyclic) bond motifs is 1. The molecule has 0 bridgehead atoms. The Morgan fingerprint density at radius 1 is 1.08 bits per heavy atom. The lowest BCUT2D eigenvalue weighted by atomic mass is 9.94. The molecule has 0 aliphatic carbocycles. The van der Waals surface area contributed by atoms with Crippen LogP contribution >= 0.6 is 0 Å². The summed E-state index contributed by atoms with van der Waals surface area (Å²) < 4.78 is 0. The molecular formula is C16H11N9. The van der Waals surface area contributed by atoms with Gasteiger partial charge in [0.05, 0.1) is 17.3 Å². The van der Waals surface area contributed by atoms with Crippen LogP contribution in [-0.2, 0) is 0 Å². The summed E-state index contributed by atoms with van der Waals surface area (Å²) >= 11 is 0. The number of nitrogens with zero attached hydrogens (tertiary/aromatic N) is 5. The fourth-order valence-corrected chi connectivity index (χ4v) is 2.56. The molecule has 0 radical (unpaired) electrons. The maximum Gasteiger partial charge on any atom is 0.211 e. The molecule has 3 rings (SSSR count). The highest BCUT2D eigenvalue weighted by atomic mass is 15.2. The van der Waals surface area contributed by atoms with Crippen LogP contribution in [0.25, 0.3) is 0 Å². The molecule has 0 spiro atoms. The van der Waals surface area contributed by atoms with Gasteiger partial charge in [0.2, 0.25) is 5.96 Å². The highest BCUT2D eigenvalue weighted by Gasteiger charge is 2.29. The molecule has 1 aliphatic heterocycles. The number of rotatable bonds is 1. The number of guanidine groups is 1. The van der Waals surface area contributed by atoms with Crippen molar-refractivity contribution in [1.29, 1.82) is 15.8 Å². The van der Waals surface area contributed by atoms with E-state index in [2.05, 4.69) is 20.6 Å². The highest BCUT2D eigenvalue weighted by molar-refractivity contribution is 5.98. The van der Waals surface area contributed by atoms with Crippen LogP contribution < -0.4 is 22.1 Å². The minimum absolute atomic E-state index is 0.0111. The van der Waals surface area contributed by atoms with E-state index in [1.54, 1.807) is 30.5 Å². The first-order chi connectivity index (χ1) is 12.1. The van der Waals surface area contributed by atoms with Gasteiger partial charge in [0.25, 0.3) is 0 Å². The van der Waals surface area contributed by atoms with Gasteiger partial charge in [-0.25, -0.2) is 9.98 Å². The molecule has 0 amide bonds. The number of pyridine rings is 1. The number of nitrogens with one attached hydrogen (secondary N) is 2. The van der Waals surface area contributed by atoms with Crippen molar-refractivity contribution in [2.75, 3.05) is 16.8 Å². The molecule has 2 heterocycles. The third-order valence-corrected chi connectivity index (χ3v) is 3.71. The Hall–Kier alpha value is -4.29. The summed E-state index contributed by atoms with van der Waals surface area (Å²) in [6.07, 6.45) is 1.78. The van der Waals surface area contributed by atoms with Gasteiger partial charge in [0, 0.05) is 5.56 Å². The van der Waals surface area contributed by atoms with Crippen LogP contribution in [0, 0.1) is 34.1 Å². The van der Waals surface area contributed by atoms with E-state index in [4.69, 9.17) is 22.0 Å². The predicted octanol–water partition coefficient (Wildman–Crippen LogP) is 0.931. The van der Waals surface area contributed by atoms with Gasteiger partial charge in [-0.3, -0.25) is 5.32 Å². The Morgan fingerprint density at radius 3 is 2.40 bits per heavy atom. The molecule has 9 heteroatoms. The quantitative estimate of drug-likeness (QED) is 0.441.